The summed E-state index contributed by atoms with van der Waals surface area (Å²) in [5.41, 5.74) is 4.53. The van der Waals surface area contributed by atoms with Gasteiger partial charge in [-0.2, -0.15) is 5.26 Å². The molecule has 4 rings (SSSR count). The number of morpholine rings is 1. The summed E-state index contributed by atoms with van der Waals surface area (Å²) >= 11 is 0. The van der Waals surface area contributed by atoms with Crippen molar-refractivity contribution in [2.45, 2.75) is 19.3 Å². The number of hydrogen-bond acceptors (Lipinski definition) is 8. The summed E-state index contributed by atoms with van der Waals surface area (Å²) in [5.74, 6) is 0.686. The summed E-state index contributed by atoms with van der Waals surface area (Å²) in [6.45, 7) is 14.5. The van der Waals surface area contributed by atoms with Crippen LogP contribution in [0, 0.1) is 11.3 Å². The van der Waals surface area contributed by atoms with Gasteiger partial charge in [0, 0.05) is 36.7 Å². The van der Waals surface area contributed by atoms with Crippen LogP contribution >= 0.6 is 0 Å². The van der Waals surface area contributed by atoms with E-state index in [1.165, 1.54) is 0 Å². The van der Waals surface area contributed by atoms with Crippen LogP contribution in [0.15, 0.2) is 60.4 Å². The molecule has 1 aliphatic heterocycles. The van der Waals surface area contributed by atoms with Gasteiger partial charge in [0.25, 0.3) is 0 Å². The van der Waals surface area contributed by atoms with Crippen molar-refractivity contribution in [3.63, 3.8) is 0 Å². The van der Waals surface area contributed by atoms with E-state index in [9.17, 15) is 5.26 Å². The average molecular weight is 454 g/mol. The van der Waals surface area contributed by atoms with Crippen molar-refractivity contribution in [3.05, 3.63) is 66.6 Å². The maximum Gasteiger partial charge on any atom is 0.225 e. The lowest BCUT2D eigenvalue weighted by atomic mass is 9.86. The van der Waals surface area contributed by atoms with E-state index in [4.69, 9.17) is 9.72 Å². The van der Waals surface area contributed by atoms with E-state index >= 15 is 0 Å². The highest BCUT2D eigenvalue weighted by molar-refractivity contribution is 5.81. The molecule has 0 bridgehead atoms. The molecule has 0 amide bonds. The van der Waals surface area contributed by atoms with Crippen LogP contribution in [0.25, 0.3) is 17.0 Å². The zero-order chi connectivity index (χ0) is 24.1. The molecule has 8 nitrogen and oxygen atoms in total. The molecule has 2 aromatic heterocycles. The molecule has 0 saturated carbocycles. The molecular weight excluding hydrogens is 426 g/mol. The fourth-order valence-corrected chi connectivity index (χ4v) is 3.61. The number of nitrogens with one attached hydrogen (secondary N) is 1. The zero-order valence-corrected chi connectivity index (χ0v) is 19.5. The first-order valence-corrected chi connectivity index (χ1v) is 11.0. The second kappa shape index (κ2) is 9.81. The summed E-state index contributed by atoms with van der Waals surface area (Å²) in [4.78, 5) is 20.0. The van der Waals surface area contributed by atoms with Gasteiger partial charge in [-0.1, -0.05) is 18.7 Å². The summed E-state index contributed by atoms with van der Waals surface area (Å²) in [6.07, 6.45) is 3.55. The molecule has 1 fully saturated rings. The van der Waals surface area contributed by atoms with Gasteiger partial charge < -0.3 is 15.0 Å². The Hall–Kier alpha value is -4.09. The van der Waals surface area contributed by atoms with Crippen molar-refractivity contribution < 1.29 is 4.74 Å². The van der Waals surface area contributed by atoms with E-state index in [1.807, 2.05) is 50.2 Å². The number of ether oxygens (including phenoxy) is 1. The van der Waals surface area contributed by atoms with Crippen LogP contribution in [0.3, 0.4) is 0 Å². The maximum absolute atomic E-state index is 9.35. The minimum Gasteiger partial charge on any atom is -0.378 e. The number of anilines is 2. The SMILES string of the molecule is C=Nc1ccc(-c2cnc(N3CCOCC3)nc2)nc1C(=C)Nc1ccc(C(C)(C)C#N)cc1. The van der Waals surface area contributed by atoms with Gasteiger partial charge in [0.15, 0.2) is 0 Å². The molecule has 3 aromatic rings. The fourth-order valence-electron chi connectivity index (χ4n) is 3.61. The van der Waals surface area contributed by atoms with Crippen LogP contribution in [-0.2, 0) is 10.2 Å². The van der Waals surface area contributed by atoms with E-state index in [1.54, 1.807) is 12.4 Å². The first-order valence-electron chi connectivity index (χ1n) is 11.0. The van der Waals surface area contributed by atoms with Gasteiger partial charge in [-0.15, -0.1) is 0 Å². The zero-order valence-electron chi connectivity index (χ0n) is 19.5. The van der Waals surface area contributed by atoms with Gasteiger partial charge in [-0.25, -0.2) is 15.0 Å². The lowest BCUT2D eigenvalue weighted by Gasteiger charge is -2.26. The highest BCUT2D eigenvalue weighted by atomic mass is 16.5. The van der Waals surface area contributed by atoms with Crippen molar-refractivity contribution in [3.8, 4) is 17.3 Å². The van der Waals surface area contributed by atoms with Crippen molar-refractivity contribution in [1.29, 1.82) is 5.26 Å². The molecule has 34 heavy (non-hydrogen) atoms. The molecular formula is C26H27N7O. The van der Waals surface area contributed by atoms with Crippen LogP contribution in [0.4, 0.5) is 17.3 Å². The van der Waals surface area contributed by atoms with E-state index in [0.29, 0.717) is 41.9 Å². The summed E-state index contributed by atoms with van der Waals surface area (Å²) in [7, 11) is 0. The molecule has 1 aliphatic rings. The molecule has 0 atom stereocenters. The van der Waals surface area contributed by atoms with Gasteiger partial charge in [0.05, 0.1) is 41.8 Å². The number of nitrogens with zero attached hydrogens (tertiary/aromatic N) is 6. The Morgan fingerprint density at radius 1 is 1.12 bits per heavy atom. The number of nitriles is 1. The molecule has 1 saturated heterocycles. The molecule has 0 radical (unpaired) electrons. The van der Waals surface area contributed by atoms with Gasteiger partial charge in [0.2, 0.25) is 5.95 Å². The third kappa shape index (κ3) is 4.95. The van der Waals surface area contributed by atoms with Gasteiger partial charge in [0.1, 0.15) is 5.69 Å². The minimum atomic E-state index is -0.551. The summed E-state index contributed by atoms with van der Waals surface area (Å²) < 4.78 is 5.39. The third-order valence-corrected chi connectivity index (χ3v) is 5.74. The molecule has 172 valence electrons. The smallest absolute Gasteiger partial charge is 0.225 e. The normalized spacial score (nSPS) is 13.7. The van der Waals surface area contributed by atoms with Gasteiger partial charge in [-0.3, -0.25) is 4.99 Å². The van der Waals surface area contributed by atoms with Crippen LogP contribution in [-0.4, -0.2) is 48.0 Å². The Labute approximate surface area is 199 Å². The Balaban J connectivity index is 1.55. The minimum absolute atomic E-state index is 0.551. The van der Waals surface area contributed by atoms with Crippen LogP contribution in [0.5, 0.6) is 0 Å². The Morgan fingerprint density at radius 2 is 1.79 bits per heavy atom. The first-order chi connectivity index (χ1) is 16.4. The molecule has 0 aliphatic carbocycles. The standard InChI is InChI=1S/C26H27N7O/c1-18(31-21-7-5-20(6-8-21)26(2,3)17-27)24-23(28-4)10-9-22(32-24)19-15-29-25(30-16-19)33-11-13-34-14-12-33/h5-10,15-16,31H,1,4,11-14H2,2-3H3. The molecule has 0 unspecified atom stereocenters. The fraction of sp³-hybridized carbons (Fsp3) is 0.269. The van der Waals surface area contributed by atoms with Crippen molar-refractivity contribution in [2.24, 2.45) is 4.99 Å². The lowest BCUT2D eigenvalue weighted by Crippen LogP contribution is -2.37. The molecule has 1 aromatic carbocycles. The van der Waals surface area contributed by atoms with Crippen LogP contribution in [0.2, 0.25) is 0 Å². The predicted octanol–water partition coefficient (Wildman–Crippen LogP) is 4.59. The van der Waals surface area contributed by atoms with Crippen molar-refractivity contribution >= 4 is 29.7 Å². The number of rotatable bonds is 7. The summed E-state index contributed by atoms with van der Waals surface area (Å²) in [5, 5.41) is 12.6. The van der Waals surface area contributed by atoms with Crippen molar-refractivity contribution in [1.82, 2.24) is 15.0 Å². The highest BCUT2D eigenvalue weighted by Crippen LogP contribution is 2.29. The largest absolute Gasteiger partial charge is 0.378 e. The lowest BCUT2D eigenvalue weighted by molar-refractivity contribution is 0.122. The Kier molecular flexibility index (Phi) is 6.66. The Morgan fingerprint density at radius 3 is 2.41 bits per heavy atom. The number of hydrogen-bond donors (Lipinski definition) is 1. The first kappa shape index (κ1) is 23.1. The van der Waals surface area contributed by atoms with Crippen molar-refractivity contribution in [2.75, 3.05) is 36.5 Å². The number of benzene rings is 1. The highest BCUT2D eigenvalue weighted by Gasteiger charge is 2.19. The average Bonchev–Trinajstić information content (AvgIpc) is 2.89. The van der Waals surface area contributed by atoms with Crippen LogP contribution < -0.4 is 10.2 Å². The monoisotopic (exact) mass is 453 g/mol. The number of aliphatic imine (C=N–C) groups is 1. The van der Waals surface area contributed by atoms with E-state index < -0.39 is 5.41 Å². The van der Waals surface area contributed by atoms with Gasteiger partial charge in [-0.05, 0) is 50.4 Å². The summed E-state index contributed by atoms with van der Waals surface area (Å²) in [6, 6.07) is 13.7. The Bertz CT molecular complexity index is 1220. The van der Waals surface area contributed by atoms with E-state index in [0.717, 1.165) is 29.9 Å². The van der Waals surface area contributed by atoms with E-state index in [-0.39, 0.29) is 0 Å². The predicted molar refractivity (Wildman–Crippen MR) is 135 cm³/mol. The molecule has 8 heteroatoms. The van der Waals surface area contributed by atoms with Gasteiger partial charge >= 0.3 is 0 Å². The third-order valence-electron chi connectivity index (χ3n) is 5.74. The maximum atomic E-state index is 9.35. The second-order valence-corrected chi connectivity index (χ2v) is 8.51. The second-order valence-electron chi connectivity index (χ2n) is 8.51. The van der Waals surface area contributed by atoms with Crippen LogP contribution in [0.1, 0.15) is 25.1 Å². The number of aromatic nitrogens is 3. The van der Waals surface area contributed by atoms with E-state index in [2.05, 4.69) is 44.5 Å². The molecule has 3 heterocycles. The molecule has 1 N–H and O–H groups in total. The number of pyridine rings is 1. The quantitative estimate of drug-likeness (QED) is 0.522. The topological polar surface area (TPSA) is 99.3 Å². The molecule has 0 spiro atoms.